The third-order valence-corrected chi connectivity index (χ3v) is 2.68. The molecule has 2 rings (SSSR count). The zero-order chi connectivity index (χ0) is 9.42. The Balaban J connectivity index is 2.65. The Bertz CT molecular complexity index is 458. The molecular weight excluding hydrogens is 188 g/mol. The van der Waals surface area contributed by atoms with E-state index in [2.05, 4.69) is 4.98 Å². The summed E-state index contributed by atoms with van der Waals surface area (Å²) in [5.74, 6) is -0.911. The van der Waals surface area contributed by atoms with Crippen molar-refractivity contribution in [2.24, 2.45) is 0 Å². The summed E-state index contributed by atoms with van der Waals surface area (Å²) in [6.45, 7) is 1.99. The minimum absolute atomic E-state index is 0.284. The number of fused-ring (bicyclic) bond motifs is 1. The molecule has 68 valence electrons. The van der Waals surface area contributed by atoms with E-state index >= 15 is 0 Å². The highest BCUT2D eigenvalue weighted by atomic mass is 32.1. The summed E-state index contributed by atoms with van der Waals surface area (Å²) in [5.41, 5.74) is 1.21. The Labute approximate surface area is 78.5 Å². The van der Waals surface area contributed by atoms with Gasteiger partial charge >= 0.3 is 5.97 Å². The van der Waals surface area contributed by atoms with Gasteiger partial charge in [-0.2, -0.15) is 0 Å². The van der Waals surface area contributed by atoms with Crippen LogP contribution in [-0.2, 0) is 6.42 Å². The van der Waals surface area contributed by atoms with Gasteiger partial charge in [-0.1, -0.05) is 6.92 Å². The van der Waals surface area contributed by atoms with Crippen molar-refractivity contribution in [1.82, 2.24) is 9.38 Å². The maximum absolute atomic E-state index is 10.7. The number of imidazole rings is 1. The second-order valence-corrected chi connectivity index (χ2v) is 3.50. The number of aryl methyl sites for hydroxylation is 1. The van der Waals surface area contributed by atoms with Gasteiger partial charge in [0, 0.05) is 11.6 Å². The number of nitrogens with zero attached hydrogens (tertiary/aromatic N) is 2. The predicted molar refractivity (Wildman–Crippen MR) is 49.4 cm³/mol. The average Bonchev–Trinajstić information content (AvgIpc) is 2.59. The number of carbonyl (C=O) groups is 1. The molecule has 0 atom stereocenters. The fraction of sp³-hybridized carbons (Fsp3) is 0.250. The van der Waals surface area contributed by atoms with Crippen molar-refractivity contribution in [3.05, 3.63) is 23.0 Å². The molecule has 0 spiro atoms. The Hall–Kier alpha value is -1.36. The van der Waals surface area contributed by atoms with Crippen molar-refractivity contribution < 1.29 is 9.90 Å². The molecule has 4 nitrogen and oxygen atoms in total. The van der Waals surface area contributed by atoms with Crippen LogP contribution in [0.4, 0.5) is 0 Å². The standard InChI is InChI=1S/C8H8N2O2S/c1-2-5-3-10-6(7(11)12)4-13-8(10)9-5/h3-4H,2H2,1H3,(H,11,12). The second kappa shape index (κ2) is 2.85. The first-order valence-corrected chi connectivity index (χ1v) is 4.79. The van der Waals surface area contributed by atoms with E-state index in [0.29, 0.717) is 0 Å². The molecule has 0 aromatic carbocycles. The molecule has 13 heavy (non-hydrogen) atoms. The summed E-state index contributed by atoms with van der Waals surface area (Å²) in [5, 5.41) is 10.4. The van der Waals surface area contributed by atoms with Crippen molar-refractivity contribution in [3.8, 4) is 0 Å². The monoisotopic (exact) mass is 196 g/mol. The van der Waals surface area contributed by atoms with Crippen LogP contribution in [0.5, 0.6) is 0 Å². The molecule has 0 radical (unpaired) electrons. The summed E-state index contributed by atoms with van der Waals surface area (Å²) in [4.78, 5) is 15.7. The van der Waals surface area contributed by atoms with Gasteiger partial charge in [0.05, 0.1) is 5.69 Å². The molecular formula is C8H8N2O2S. The molecule has 2 heterocycles. The van der Waals surface area contributed by atoms with Crippen LogP contribution in [0.25, 0.3) is 4.96 Å². The first-order valence-electron chi connectivity index (χ1n) is 3.91. The van der Waals surface area contributed by atoms with E-state index in [1.165, 1.54) is 11.3 Å². The SMILES string of the molecule is CCc1cn2c(C(=O)O)csc2n1. The number of thiazole rings is 1. The quantitative estimate of drug-likeness (QED) is 0.794. The molecule has 0 fully saturated rings. The first kappa shape index (κ1) is 8.25. The highest BCUT2D eigenvalue weighted by molar-refractivity contribution is 7.15. The number of aromatic nitrogens is 2. The average molecular weight is 196 g/mol. The first-order chi connectivity index (χ1) is 6.22. The number of hydrogen-bond acceptors (Lipinski definition) is 3. The molecule has 0 amide bonds. The highest BCUT2D eigenvalue weighted by Gasteiger charge is 2.11. The molecule has 0 bridgehead atoms. The van der Waals surface area contributed by atoms with E-state index in [0.717, 1.165) is 17.1 Å². The summed E-state index contributed by atoms with van der Waals surface area (Å²) < 4.78 is 1.62. The van der Waals surface area contributed by atoms with Gasteiger partial charge in [-0.3, -0.25) is 4.40 Å². The Morgan fingerprint density at radius 1 is 1.77 bits per heavy atom. The number of hydrogen-bond donors (Lipinski definition) is 1. The largest absolute Gasteiger partial charge is 0.477 e. The van der Waals surface area contributed by atoms with Gasteiger partial charge in [-0.15, -0.1) is 11.3 Å². The number of aromatic carboxylic acids is 1. The number of carboxylic acid groups (broad SMARTS) is 1. The second-order valence-electron chi connectivity index (χ2n) is 2.66. The molecule has 2 aromatic heterocycles. The van der Waals surface area contributed by atoms with Crippen LogP contribution in [-0.4, -0.2) is 20.5 Å². The molecule has 0 aliphatic heterocycles. The van der Waals surface area contributed by atoms with Gasteiger partial charge in [0.1, 0.15) is 5.69 Å². The van der Waals surface area contributed by atoms with Crippen LogP contribution in [0.2, 0.25) is 0 Å². The van der Waals surface area contributed by atoms with Crippen molar-refractivity contribution in [3.63, 3.8) is 0 Å². The van der Waals surface area contributed by atoms with Gasteiger partial charge < -0.3 is 5.11 Å². The van der Waals surface area contributed by atoms with E-state index in [1.54, 1.807) is 16.0 Å². The van der Waals surface area contributed by atoms with Crippen LogP contribution in [0.15, 0.2) is 11.6 Å². The van der Waals surface area contributed by atoms with Crippen LogP contribution < -0.4 is 0 Å². The lowest BCUT2D eigenvalue weighted by Crippen LogP contribution is -1.99. The maximum atomic E-state index is 10.7. The molecule has 1 N–H and O–H groups in total. The fourth-order valence-corrected chi connectivity index (χ4v) is 2.02. The molecule has 0 aliphatic rings. The minimum atomic E-state index is -0.911. The van der Waals surface area contributed by atoms with Gasteiger partial charge in [0.15, 0.2) is 4.96 Å². The minimum Gasteiger partial charge on any atom is -0.477 e. The highest BCUT2D eigenvalue weighted by Crippen LogP contribution is 2.16. The lowest BCUT2D eigenvalue weighted by atomic mass is 10.4. The third kappa shape index (κ3) is 1.21. The molecule has 0 unspecified atom stereocenters. The van der Waals surface area contributed by atoms with E-state index in [9.17, 15) is 4.79 Å². The normalized spacial score (nSPS) is 10.8. The molecule has 5 heteroatoms. The number of rotatable bonds is 2. The molecule has 2 aromatic rings. The van der Waals surface area contributed by atoms with Crippen molar-refractivity contribution >= 4 is 22.3 Å². The van der Waals surface area contributed by atoms with Gasteiger partial charge in [-0.25, -0.2) is 9.78 Å². The van der Waals surface area contributed by atoms with Crippen LogP contribution >= 0.6 is 11.3 Å². The van der Waals surface area contributed by atoms with Crippen LogP contribution in [0, 0.1) is 0 Å². The van der Waals surface area contributed by atoms with Crippen LogP contribution in [0.3, 0.4) is 0 Å². The zero-order valence-electron chi connectivity index (χ0n) is 7.02. The Morgan fingerprint density at radius 3 is 3.15 bits per heavy atom. The van der Waals surface area contributed by atoms with Gasteiger partial charge in [-0.05, 0) is 6.42 Å². The molecule has 0 aliphatic carbocycles. The summed E-state index contributed by atoms with van der Waals surface area (Å²) in [7, 11) is 0. The van der Waals surface area contributed by atoms with Gasteiger partial charge in [0.2, 0.25) is 0 Å². The Kier molecular flexibility index (Phi) is 1.81. The van der Waals surface area contributed by atoms with Crippen molar-refractivity contribution in [2.45, 2.75) is 13.3 Å². The maximum Gasteiger partial charge on any atom is 0.353 e. The lowest BCUT2D eigenvalue weighted by molar-refractivity contribution is 0.0689. The third-order valence-electron chi connectivity index (χ3n) is 1.84. The van der Waals surface area contributed by atoms with E-state index in [4.69, 9.17) is 5.11 Å². The topological polar surface area (TPSA) is 54.6 Å². The van der Waals surface area contributed by atoms with Crippen LogP contribution in [0.1, 0.15) is 23.1 Å². The zero-order valence-corrected chi connectivity index (χ0v) is 7.84. The van der Waals surface area contributed by atoms with E-state index in [-0.39, 0.29) is 5.69 Å². The summed E-state index contributed by atoms with van der Waals surface area (Å²) in [6, 6.07) is 0. The smallest absolute Gasteiger partial charge is 0.353 e. The lowest BCUT2D eigenvalue weighted by Gasteiger charge is -1.88. The van der Waals surface area contributed by atoms with Crippen molar-refractivity contribution in [2.75, 3.05) is 0 Å². The molecule has 0 saturated carbocycles. The predicted octanol–water partition coefficient (Wildman–Crippen LogP) is 1.66. The van der Waals surface area contributed by atoms with E-state index < -0.39 is 5.97 Å². The Morgan fingerprint density at radius 2 is 2.54 bits per heavy atom. The van der Waals surface area contributed by atoms with E-state index in [1.807, 2.05) is 6.92 Å². The van der Waals surface area contributed by atoms with Gasteiger partial charge in [0.25, 0.3) is 0 Å². The summed E-state index contributed by atoms with van der Waals surface area (Å²) in [6.07, 6.45) is 2.60. The fourth-order valence-electron chi connectivity index (χ4n) is 1.15. The van der Waals surface area contributed by atoms with Crippen molar-refractivity contribution in [1.29, 1.82) is 0 Å². The number of carboxylic acids is 1. The summed E-state index contributed by atoms with van der Waals surface area (Å²) >= 11 is 1.35. The molecule has 0 saturated heterocycles.